The Kier molecular flexibility index (Phi) is 5.09. The Morgan fingerprint density at radius 1 is 1.25 bits per heavy atom. The van der Waals surface area contributed by atoms with Crippen molar-refractivity contribution in [3.05, 3.63) is 59.4 Å². The van der Waals surface area contributed by atoms with Crippen LogP contribution >= 0.6 is 0 Å². The lowest BCUT2D eigenvalue weighted by molar-refractivity contribution is -0.301. The van der Waals surface area contributed by atoms with E-state index in [9.17, 15) is 8.78 Å². The van der Waals surface area contributed by atoms with Crippen molar-refractivity contribution in [3.63, 3.8) is 0 Å². The fraction of sp³-hybridized carbons (Fsp3) is 0.476. The molecule has 146 valence electrons. The lowest BCUT2D eigenvalue weighted by Crippen LogP contribution is -2.61. The molecule has 2 aromatic rings. The third-order valence-corrected chi connectivity index (χ3v) is 5.85. The van der Waals surface area contributed by atoms with E-state index in [1.165, 1.54) is 0 Å². The number of benzene rings is 1. The van der Waals surface area contributed by atoms with Crippen molar-refractivity contribution in [1.82, 2.24) is 15.1 Å². The van der Waals surface area contributed by atoms with Gasteiger partial charge in [0.1, 0.15) is 12.7 Å². The van der Waals surface area contributed by atoms with Gasteiger partial charge < -0.3 is 4.74 Å². The maximum Gasteiger partial charge on any atom is 0.297 e. The Morgan fingerprint density at radius 2 is 2.07 bits per heavy atom. The Balaban J connectivity index is 1.48. The molecule has 2 atom stereocenters. The highest BCUT2D eigenvalue weighted by molar-refractivity contribution is 5.31. The molecule has 4 rings (SSSR count). The molecule has 0 amide bonds. The molecular formula is C21H22F2N4O. The molecule has 5 nitrogen and oxygen atoms in total. The van der Waals surface area contributed by atoms with Gasteiger partial charge in [-0.25, -0.2) is 8.78 Å². The first kappa shape index (κ1) is 18.9. The summed E-state index contributed by atoms with van der Waals surface area (Å²) in [7, 11) is 0. The molecule has 0 bridgehead atoms. The molecule has 2 aliphatic rings. The highest BCUT2D eigenvalue weighted by atomic mass is 19.3. The molecule has 0 N–H and O–H groups in total. The van der Waals surface area contributed by atoms with Gasteiger partial charge in [-0.2, -0.15) is 15.5 Å². The summed E-state index contributed by atoms with van der Waals surface area (Å²) in [4.78, 5) is 2.17. The molecular weight excluding hydrogens is 362 g/mol. The van der Waals surface area contributed by atoms with Crippen LogP contribution in [0.1, 0.15) is 29.7 Å². The molecule has 1 aromatic carbocycles. The second-order valence-corrected chi connectivity index (χ2v) is 7.80. The number of nitriles is 1. The van der Waals surface area contributed by atoms with Gasteiger partial charge in [0.2, 0.25) is 0 Å². The van der Waals surface area contributed by atoms with Gasteiger partial charge in [0.25, 0.3) is 5.92 Å². The number of rotatable bonds is 6. The first-order chi connectivity index (χ1) is 13.5. The summed E-state index contributed by atoms with van der Waals surface area (Å²) in [5.41, 5.74) is 1.90. The first-order valence-corrected chi connectivity index (χ1v) is 9.48. The summed E-state index contributed by atoms with van der Waals surface area (Å²) in [6, 6.07) is 13.2. The zero-order valence-electron chi connectivity index (χ0n) is 15.5. The highest BCUT2D eigenvalue weighted by Gasteiger charge is 2.61. The number of hydrogen-bond acceptors (Lipinski definition) is 5. The van der Waals surface area contributed by atoms with E-state index < -0.39 is 24.0 Å². The summed E-state index contributed by atoms with van der Waals surface area (Å²) in [5, 5.41) is 16.9. The number of aryl methyl sites for hydroxylation is 1. The third kappa shape index (κ3) is 3.75. The molecule has 2 saturated heterocycles. The van der Waals surface area contributed by atoms with Gasteiger partial charge in [0.05, 0.1) is 17.3 Å². The maximum absolute atomic E-state index is 14.3. The Bertz CT molecular complexity index is 853. The van der Waals surface area contributed by atoms with Crippen LogP contribution in [0.3, 0.4) is 0 Å². The zero-order valence-corrected chi connectivity index (χ0v) is 15.5. The van der Waals surface area contributed by atoms with E-state index in [1.807, 2.05) is 24.3 Å². The summed E-state index contributed by atoms with van der Waals surface area (Å²) in [5.74, 6) is -2.77. The van der Waals surface area contributed by atoms with Crippen LogP contribution in [0, 0.1) is 16.7 Å². The van der Waals surface area contributed by atoms with E-state index in [2.05, 4.69) is 21.2 Å². The number of hydrogen-bond donors (Lipinski definition) is 0. The van der Waals surface area contributed by atoms with Crippen LogP contribution in [-0.4, -0.2) is 46.8 Å². The van der Waals surface area contributed by atoms with Gasteiger partial charge in [-0.3, -0.25) is 4.90 Å². The summed E-state index contributed by atoms with van der Waals surface area (Å²) in [6.45, 7) is 1.41. The normalized spacial score (nSPS) is 26.5. The quantitative estimate of drug-likeness (QED) is 0.765. The maximum atomic E-state index is 14.3. The van der Waals surface area contributed by atoms with Crippen LogP contribution < -0.4 is 0 Å². The molecule has 1 unspecified atom stereocenters. The van der Waals surface area contributed by atoms with E-state index in [0.717, 1.165) is 17.8 Å². The van der Waals surface area contributed by atoms with Gasteiger partial charge in [-0.05, 0) is 55.6 Å². The van der Waals surface area contributed by atoms with Crippen molar-refractivity contribution in [2.24, 2.45) is 5.41 Å². The molecule has 0 spiro atoms. The van der Waals surface area contributed by atoms with Gasteiger partial charge >= 0.3 is 0 Å². The van der Waals surface area contributed by atoms with Crippen LogP contribution in [0.15, 0.2) is 42.6 Å². The number of likely N-dealkylation sites (tertiary alicyclic amines) is 1. The molecule has 3 heterocycles. The number of halogens is 2. The largest absolute Gasteiger partial charge is 0.365 e. The average Bonchev–Trinajstić information content (AvgIpc) is 3.10. The highest BCUT2D eigenvalue weighted by Crippen LogP contribution is 2.50. The van der Waals surface area contributed by atoms with Crippen molar-refractivity contribution in [2.45, 2.75) is 37.8 Å². The fourth-order valence-corrected chi connectivity index (χ4v) is 4.37. The standard InChI is InChI=1S/C21H22F2N4O/c22-21(23)15-28-19(21)20(8-7-16-3-5-17(12-24)6-4-16)9-11-27(14-20)13-18-2-1-10-25-26-18/h1-6,10,19H,7-9,11,13-15H2/t19?,20-/m1/s1. The van der Waals surface area contributed by atoms with Gasteiger partial charge in [-0.1, -0.05) is 12.1 Å². The SMILES string of the molecule is N#Cc1ccc(CC[C@@]2(C3OCC3(F)F)CCN(Cc3cccnn3)C2)cc1. The summed E-state index contributed by atoms with van der Waals surface area (Å²) >= 11 is 0. The average molecular weight is 384 g/mol. The first-order valence-electron chi connectivity index (χ1n) is 9.48. The topological polar surface area (TPSA) is 62.0 Å². The van der Waals surface area contributed by atoms with Crippen LogP contribution in [0.4, 0.5) is 8.78 Å². The minimum atomic E-state index is -2.77. The molecule has 28 heavy (non-hydrogen) atoms. The molecule has 1 aromatic heterocycles. The molecule has 2 fully saturated rings. The van der Waals surface area contributed by atoms with Crippen LogP contribution in [0.25, 0.3) is 0 Å². The van der Waals surface area contributed by atoms with Crippen molar-refractivity contribution in [1.29, 1.82) is 5.26 Å². The van der Waals surface area contributed by atoms with E-state index in [4.69, 9.17) is 10.00 Å². The van der Waals surface area contributed by atoms with E-state index in [1.54, 1.807) is 18.3 Å². The van der Waals surface area contributed by atoms with Crippen molar-refractivity contribution >= 4 is 0 Å². The van der Waals surface area contributed by atoms with Crippen molar-refractivity contribution < 1.29 is 13.5 Å². The van der Waals surface area contributed by atoms with E-state index in [0.29, 0.717) is 37.9 Å². The van der Waals surface area contributed by atoms with Gasteiger partial charge in [-0.15, -0.1) is 0 Å². The summed E-state index contributed by atoms with van der Waals surface area (Å²) < 4.78 is 34.0. The van der Waals surface area contributed by atoms with Gasteiger partial charge in [0, 0.05) is 24.7 Å². The molecule has 7 heteroatoms. The van der Waals surface area contributed by atoms with E-state index in [-0.39, 0.29) is 0 Å². The molecule has 0 aliphatic carbocycles. The lowest BCUT2D eigenvalue weighted by atomic mass is 9.72. The second-order valence-electron chi connectivity index (χ2n) is 7.80. The third-order valence-electron chi connectivity index (χ3n) is 5.85. The minimum Gasteiger partial charge on any atom is -0.365 e. The Hall–Kier alpha value is -2.43. The predicted molar refractivity (Wildman–Crippen MR) is 98.5 cm³/mol. The summed E-state index contributed by atoms with van der Waals surface area (Å²) in [6.07, 6.45) is 2.56. The molecule has 0 radical (unpaired) electrons. The monoisotopic (exact) mass is 384 g/mol. The minimum absolute atomic E-state index is 0.486. The molecule has 2 aliphatic heterocycles. The molecule has 0 saturated carbocycles. The zero-order chi connectivity index (χ0) is 19.6. The second kappa shape index (κ2) is 7.53. The Morgan fingerprint density at radius 3 is 2.68 bits per heavy atom. The predicted octanol–water partition coefficient (Wildman–Crippen LogP) is 3.21. The number of alkyl halides is 2. The smallest absolute Gasteiger partial charge is 0.297 e. The van der Waals surface area contributed by atoms with Crippen LogP contribution in [-0.2, 0) is 17.7 Å². The van der Waals surface area contributed by atoms with Crippen LogP contribution in [0.2, 0.25) is 0 Å². The number of aromatic nitrogens is 2. The number of nitrogens with zero attached hydrogens (tertiary/aromatic N) is 4. The lowest BCUT2D eigenvalue weighted by Gasteiger charge is -2.48. The number of ether oxygens (including phenoxy) is 1. The van der Waals surface area contributed by atoms with Gasteiger partial charge in [0.15, 0.2) is 0 Å². The Labute approximate surface area is 162 Å². The fourth-order valence-electron chi connectivity index (χ4n) is 4.37. The van der Waals surface area contributed by atoms with Crippen molar-refractivity contribution in [2.75, 3.05) is 19.7 Å². The van der Waals surface area contributed by atoms with Crippen molar-refractivity contribution in [3.8, 4) is 6.07 Å². The van der Waals surface area contributed by atoms with E-state index >= 15 is 0 Å². The van der Waals surface area contributed by atoms with Crippen LogP contribution in [0.5, 0.6) is 0 Å².